The number of benzene rings is 3. The molecule has 0 aliphatic heterocycles. The van der Waals surface area contributed by atoms with E-state index in [9.17, 15) is 18.0 Å². The van der Waals surface area contributed by atoms with Crippen molar-refractivity contribution in [2.75, 3.05) is 11.9 Å². The molecular formula is C25H26N2O6S. The smallest absolute Gasteiger partial charge is 0.307 e. The molecule has 0 spiro atoms. The molecule has 0 fully saturated rings. The number of carbonyl (C=O) groups is 2. The molecule has 0 aliphatic rings. The van der Waals surface area contributed by atoms with Crippen LogP contribution in [-0.2, 0) is 26.0 Å². The molecule has 0 aliphatic carbocycles. The number of aryl methyl sites for hydroxylation is 2. The van der Waals surface area contributed by atoms with Crippen LogP contribution in [-0.4, -0.2) is 38.0 Å². The van der Waals surface area contributed by atoms with Crippen LogP contribution in [0.1, 0.15) is 16.7 Å². The largest absolute Gasteiger partial charge is 0.491 e. The number of carboxylic acid groups (broad SMARTS) is 1. The summed E-state index contributed by atoms with van der Waals surface area (Å²) >= 11 is 0. The Morgan fingerprint density at radius 1 is 0.941 bits per heavy atom. The second kappa shape index (κ2) is 11.0. The fourth-order valence-corrected chi connectivity index (χ4v) is 4.31. The van der Waals surface area contributed by atoms with Crippen LogP contribution in [0.25, 0.3) is 0 Å². The summed E-state index contributed by atoms with van der Waals surface area (Å²) in [6.45, 7) is 3.50. The van der Waals surface area contributed by atoms with Crippen LogP contribution in [0.2, 0.25) is 0 Å². The highest BCUT2D eigenvalue weighted by Crippen LogP contribution is 2.16. The van der Waals surface area contributed by atoms with Crippen molar-refractivity contribution < 1.29 is 27.9 Å². The Balaban J connectivity index is 1.78. The maximum atomic E-state index is 13.0. The molecule has 3 aromatic rings. The standard InChI is InChI=1S/C25H26N2O6S/c1-17-6-12-22(13-7-17)34(31,32)27-23(16-33-21-5-3-4-18(2)14-21)25(30)26-20-10-8-19(9-11-20)15-24(28)29/h3-14,23,27H,15-16H2,1-2H3,(H,26,30)(H,28,29). The van der Waals surface area contributed by atoms with Crippen LogP contribution in [0.5, 0.6) is 5.75 Å². The third-order valence-electron chi connectivity index (χ3n) is 4.93. The quantitative estimate of drug-likeness (QED) is 0.408. The minimum Gasteiger partial charge on any atom is -0.491 e. The minimum atomic E-state index is -4.00. The van der Waals surface area contributed by atoms with Crippen molar-refractivity contribution in [1.29, 1.82) is 0 Å². The van der Waals surface area contributed by atoms with Crippen LogP contribution >= 0.6 is 0 Å². The summed E-state index contributed by atoms with van der Waals surface area (Å²) in [5.41, 5.74) is 2.83. The van der Waals surface area contributed by atoms with E-state index in [0.717, 1.165) is 11.1 Å². The molecule has 0 radical (unpaired) electrons. The van der Waals surface area contributed by atoms with Gasteiger partial charge >= 0.3 is 5.97 Å². The van der Waals surface area contributed by atoms with Crippen LogP contribution < -0.4 is 14.8 Å². The summed E-state index contributed by atoms with van der Waals surface area (Å²) in [6.07, 6.45) is -0.141. The normalized spacial score (nSPS) is 12.1. The lowest BCUT2D eigenvalue weighted by Crippen LogP contribution is -2.47. The van der Waals surface area contributed by atoms with E-state index in [2.05, 4.69) is 10.0 Å². The highest BCUT2D eigenvalue weighted by molar-refractivity contribution is 7.89. The zero-order valence-electron chi connectivity index (χ0n) is 18.8. The lowest BCUT2D eigenvalue weighted by Gasteiger charge is -2.19. The van der Waals surface area contributed by atoms with Gasteiger partial charge < -0.3 is 15.2 Å². The molecule has 0 aromatic heterocycles. The van der Waals surface area contributed by atoms with Gasteiger partial charge in [0, 0.05) is 5.69 Å². The minimum absolute atomic E-state index is 0.0319. The van der Waals surface area contributed by atoms with Crippen molar-refractivity contribution in [1.82, 2.24) is 4.72 Å². The first kappa shape index (κ1) is 24.9. The van der Waals surface area contributed by atoms with Crippen LogP contribution in [0.3, 0.4) is 0 Å². The molecule has 1 unspecified atom stereocenters. The first-order valence-electron chi connectivity index (χ1n) is 10.5. The number of anilines is 1. The fraction of sp³-hybridized carbons (Fsp3) is 0.200. The molecule has 178 valence electrons. The van der Waals surface area contributed by atoms with Gasteiger partial charge in [-0.3, -0.25) is 9.59 Å². The zero-order chi connectivity index (χ0) is 24.7. The summed E-state index contributed by atoms with van der Waals surface area (Å²) in [5, 5.41) is 11.6. The predicted octanol–water partition coefficient (Wildman–Crippen LogP) is 3.30. The number of carboxylic acids is 1. The third kappa shape index (κ3) is 7.16. The second-order valence-corrected chi connectivity index (χ2v) is 9.59. The Hall–Kier alpha value is -3.69. The maximum Gasteiger partial charge on any atom is 0.307 e. The van der Waals surface area contributed by atoms with Crippen molar-refractivity contribution in [3.05, 3.63) is 89.5 Å². The fourth-order valence-electron chi connectivity index (χ4n) is 3.13. The van der Waals surface area contributed by atoms with Crippen LogP contribution in [0.15, 0.2) is 77.7 Å². The van der Waals surface area contributed by atoms with E-state index in [1.165, 1.54) is 12.1 Å². The Bertz CT molecular complexity index is 1260. The molecule has 0 heterocycles. The number of hydrogen-bond donors (Lipinski definition) is 3. The van der Waals surface area contributed by atoms with Gasteiger partial charge in [0.05, 0.1) is 11.3 Å². The number of rotatable bonds is 10. The van der Waals surface area contributed by atoms with Gasteiger partial charge in [-0.05, 0) is 61.4 Å². The lowest BCUT2D eigenvalue weighted by molar-refractivity contribution is -0.136. The third-order valence-corrected chi connectivity index (χ3v) is 6.42. The molecule has 0 saturated carbocycles. The highest BCUT2D eigenvalue weighted by Gasteiger charge is 2.27. The summed E-state index contributed by atoms with van der Waals surface area (Å²) in [6, 6.07) is 18.5. The van der Waals surface area contributed by atoms with Crippen molar-refractivity contribution in [2.45, 2.75) is 31.2 Å². The molecular weight excluding hydrogens is 456 g/mol. The van der Waals surface area contributed by atoms with Gasteiger partial charge in [0.25, 0.3) is 0 Å². The van der Waals surface area contributed by atoms with E-state index < -0.39 is 27.9 Å². The molecule has 9 heteroatoms. The van der Waals surface area contributed by atoms with Crippen molar-refractivity contribution >= 4 is 27.6 Å². The Kier molecular flexibility index (Phi) is 8.04. The number of carbonyl (C=O) groups excluding carboxylic acids is 1. The van der Waals surface area contributed by atoms with E-state index in [1.807, 2.05) is 19.9 Å². The summed E-state index contributed by atoms with van der Waals surface area (Å²) < 4.78 is 34.0. The number of ether oxygens (including phenoxy) is 1. The first-order chi connectivity index (χ1) is 16.1. The van der Waals surface area contributed by atoms with E-state index in [1.54, 1.807) is 54.6 Å². The summed E-state index contributed by atoms with van der Waals surface area (Å²) in [4.78, 5) is 23.9. The van der Waals surface area contributed by atoms with Crippen molar-refractivity contribution in [2.24, 2.45) is 0 Å². The lowest BCUT2D eigenvalue weighted by atomic mass is 10.1. The molecule has 0 bridgehead atoms. The van der Waals surface area contributed by atoms with E-state index in [-0.39, 0.29) is 17.9 Å². The molecule has 3 aromatic carbocycles. The van der Waals surface area contributed by atoms with E-state index >= 15 is 0 Å². The number of hydrogen-bond acceptors (Lipinski definition) is 5. The number of nitrogens with one attached hydrogen (secondary N) is 2. The predicted molar refractivity (Wildman–Crippen MR) is 128 cm³/mol. The van der Waals surface area contributed by atoms with Gasteiger partial charge in [-0.1, -0.05) is 42.0 Å². The van der Waals surface area contributed by atoms with E-state index in [4.69, 9.17) is 9.84 Å². The molecule has 1 atom stereocenters. The topological polar surface area (TPSA) is 122 Å². The van der Waals surface area contributed by atoms with Crippen LogP contribution in [0.4, 0.5) is 5.69 Å². The van der Waals surface area contributed by atoms with Gasteiger partial charge in [0.2, 0.25) is 15.9 Å². The summed E-state index contributed by atoms with van der Waals surface area (Å²) in [7, 11) is -4.00. The van der Waals surface area contributed by atoms with Crippen molar-refractivity contribution in [3.63, 3.8) is 0 Å². The molecule has 8 nitrogen and oxygen atoms in total. The first-order valence-corrected chi connectivity index (χ1v) is 12.0. The monoisotopic (exact) mass is 482 g/mol. The van der Waals surface area contributed by atoms with Gasteiger partial charge in [0.1, 0.15) is 18.4 Å². The Morgan fingerprint density at radius 2 is 1.62 bits per heavy atom. The average molecular weight is 483 g/mol. The molecule has 34 heavy (non-hydrogen) atoms. The van der Waals surface area contributed by atoms with Gasteiger partial charge in [-0.15, -0.1) is 0 Å². The number of sulfonamides is 1. The molecule has 0 saturated heterocycles. The van der Waals surface area contributed by atoms with Gasteiger partial charge in [-0.25, -0.2) is 8.42 Å². The highest BCUT2D eigenvalue weighted by atomic mass is 32.2. The maximum absolute atomic E-state index is 13.0. The SMILES string of the molecule is Cc1ccc(S(=O)(=O)NC(COc2cccc(C)c2)C(=O)Nc2ccc(CC(=O)O)cc2)cc1. The van der Waals surface area contributed by atoms with Crippen LogP contribution in [0, 0.1) is 13.8 Å². The summed E-state index contributed by atoms with van der Waals surface area (Å²) in [5.74, 6) is -1.07. The van der Waals surface area contributed by atoms with Gasteiger partial charge in [0.15, 0.2) is 0 Å². The number of aliphatic carboxylic acids is 1. The van der Waals surface area contributed by atoms with Gasteiger partial charge in [-0.2, -0.15) is 4.72 Å². The molecule has 3 N–H and O–H groups in total. The Morgan fingerprint density at radius 3 is 2.24 bits per heavy atom. The Labute approximate surface area is 198 Å². The average Bonchev–Trinajstić information content (AvgIpc) is 2.78. The number of amides is 1. The van der Waals surface area contributed by atoms with E-state index in [0.29, 0.717) is 17.0 Å². The molecule has 1 amide bonds. The van der Waals surface area contributed by atoms with Crippen molar-refractivity contribution in [3.8, 4) is 5.75 Å². The second-order valence-electron chi connectivity index (χ2n) is 7.87. The zero-order valence-corrected chi connectivity index (χ0v) is 19.6. The molecule has 3 rings (SSSR count).